The van der Waals surface area contributed by atoms with Crippen molar-refractivity contribution in [2.24, 2.45) is 0 Å². The normalized spacial score (nSPS) is 12.0. The molecule has 21 heavy (non-hydrogen) atoms. The maximum atomic E-state index is 11.6. The molecule has 0 aromatic carbocycles. The van der Waals surface area contributed by atoms with Gasteiger partial charge in [0.2, 0.25) is 5.91 Å². The fraction of sp³-hybridized carbons (Fsp3) is 0.667. The zero-order valence-electron chi connectivity index (χ0n) is 12.3. The topological polar surface area (TPSA) is 84.0 Å². The molecule has 0 radical (unpaired) electrons. The second-order valence-electron chi connectivity index (χ2n) is 4.30. The Balaban J connectivity index is 2.29. The van der Waals surface area contributed by atoms with Crippen molar-refractivity contribution in [1.29, 1.82) is 0 Å². The minimum absolute atomic E-state index is 0.0479. The molecule has 1 heterocycles. The molecule has 1 atom stereocenters. The van der Waals surface area contributed by atoms with Gasteiger partial charge in [-0.25, -0.2) is 4.79 Å². The van der Waals surface area contributed by atoms with Crippen LogP contribution in [0.15, 0.2) is 8.68 Å². The minimum Gasteiger partial charge on any atom is -0.335 e. The molecule has 0 bridgehead atoms. The second kappa shape index (κ2) is 10.0. The van der Waals surface area contributed by atoms with Gasteiger partial charge in [-0.2, -0.15) is 0 Å². The second-order valence-corrected chi connectivity index (χ2v) is 7.84. The zero-order chi connectivity index (χ0) is 15.7. The Morgan fingerprint density at radius 1 is 1.24 bits per heavy atom. The van der Waals surface area contributed by atoms with E-state index in [1.54, 1.807) is 11.8 Å². The molecular weight excluding hydrogens is 328 g/mol. The van der Waals surface area contributed by atoms with Crippen molar-refractivity contribution in [3.05, 3.63) is 0 Å². The summed E-state index contributed by atoms with van der Waals surface area (Å²) in [6, 6.07) is -0.404. The number of imide groups is 1. The van der Waals surface area contributed by atoms with Crippen LogP contribution < -0.4 is 10.6 Å². The molecule has 0 spiro atoms. The molecule has 0 saturated heterocycles. The largest absolute Gasteiger partial charge is 0.335 e. The van der Waals surface area contributed by atoms with Gasteiger partial charge in [-0.15, -0.1) is 10.2 Å². The monoisotopic (exact) mass is 348 g/mol. The van der Waals surface area contributed by atoms with E-state index in [2.05, 4.69) is 27.8 Å². The van der Waals surface area contributed by atoms with E-state index in [0.29, 0.717) is 0 Å². The fourth-order valence-corrected chi connectivity index (χ4v) is 3.90. The summed E-state index contributed by atoms with van der Waals surface area (Å²) in [6.07, 6.45) is 1.90. The van der Waals surface area contributed by atoms with Crippen molar-refractivity contribution in [3.63, 3.8) is 0 Å². The van der Waals surface area contributed by atoms with Crippen LogP contribution in [0.2, 0.25) is 0 Å². The number of rotatable bonds is 8. The highest BCUT2D eigenvalue weighted by Crippen LogP contribution is 2.28. The molecule has 1 aromatic heterocycles. The van der Waals surface area contributed by atoms with E-state index in [1.807, 2.05) is 13.8 Å². The quantitative estimate of drug-likeness (QED) is 0.703. The van der Waals surface area contributed by atoms with E-state index in [9.17, 15) is 9.59 Å². The van der Waals surface area contributed by atoms with Crippen molar-refractivity contribution < 1.29 is 9.59 Å². The Hall–Kier alpha value is -0.800. The highest BCUT2D eigenvalue weighted by Gasteiger charge is 2.12. The van der Waals surface area contributed by atoms with Gasteiger partial charge in [-0.05, 0) is 19.8 Å². The molecule has 0 saturated carbocycles. The van der Waals surface area contributed by atoms with Gasteiger partial charge in [0.1, 0.15) is 0 Å². The summed E-state index contributed by atoms with van der Waals surface area (Å²) < 4.78 is 1.65. The summed E-state index contributed by atoms with van der Waals surface area (Å²) in [5.41, 5.74) is 0. The molecule has 0 aliphatic rings. The van der Waals surface area contributed by atoms with Gasteiger partial charge >= 0.3 is 6.03 Å². The highest BCUT2D eigenvalue weighted by molar-refractivity contribution is 8.03. The van der Waals surface area contributed by atoms with Gasteiger partial charge in [-0.1, -0.05) is 48.7 Å². The van der Waals surface area contributed by atoms with Crippen LogP contribution in [0, 0.1) is 0 Å². The van der Waals surface area contributed by atoms with Crippen LogP contribution in [-0.2, 0) is 4.79 Å². The first-order valence-electron chi connectivity index (χ1n) is 6.74. The molecule has 118 valence electrons. The van der Waals surface area contributed by atoms with E-state index in [1.165, 1.54) is 23.1 Å². The van der Waals surface area contributed by atoms with E-state index in [0.717, 1.165) is 27.3 Å². The zero-order valence-corrected chi connectivity index (χ0v) is 14.8. The number of nitrogens with one attached hydrogen (secondary N) is 2. The molecule has 0 unspecified atom stereocenters. The first kappa shape index (κ1) is 18.2. The number of hydrogen-bond acceptors (Lipinski definition) is 7. The van der Waals surface area contributed by atoms with Crippen LogP contribution in [0.1, 0.15) is 33.6 Å². The van der Waals surface area contributed by atoms with Gasteiger partial charge in [0.15, 0.2) is 8.68 Å². The van der Waals surface area contributed by atoms with Gasteiger partial charge in [-0.3, -0.25) is 10.1 Å². The lowest BCUT2D eigenvalue weighted by Gasteiger charge is -2.11. The predicted molar refractivity (Wildman–Crippen MR) is 88.1 cm³/mol. The van der Waals surface area contributed by atoms with Crippen LogP contribution >= 0.6 is 34.9 Å². The van der Waals surface area contributed by atoms with E-state index in [4.69, 9.17) is 0 Å². The number of carbonyl (C=O) groups excluding carboxylic acids is 2. The first-order chi connectivity index (χ1) is 10.0. The summed E-state index contributed by atoms with van der Waals surface area (Å²) in [5, 5.41) is 13.0. The maximum absolute atomic E-state index is 11.6. The molecule has 1 aromatic rings. The minimum atomic E-state index is -0.452. The van der Waals surface area contributed by atoms with Crippen LogP contribution in [-0.4, -0.2) is 39.7 Å². The summed E-state index contributed by atoms with van der Waals surface area (Å²) in [4.78, 5) is 23.1. The third-order valence-corrected chi connectivity index (χ3v) is 5.78. The molecule has 0 aliphatic heterocycles. The number of thioether (sulfide) groups is 2. The first-order valence-corrected chi connectivity index (χ1v) is 9.53. The van der Waals surface area contributed by atoms with E-state index >= 15 is 0 Å². The summed E-state index contributed by atoms with van der Waals surface area (Å²) >= 11 is 4.42. The summed E-state index contributed by atoms with van der Waals surface area (Å²) in [5.74, 6) is 0.829. The van der Waals surface area contributed by atoms with Crippen LogP contribution in [0.5, 0.6) is 0 Å². The van der Waals surface area contributed by atoms with Crippen molar-refractivity contribution in [1.82, 2.24) is 20.8 Å². The standard InChI is InChI=1S/C12H20N4O2S3/c1-4-6-19-11-15-16-12(21-11)20-7-9(17)14-10(18)13-8(3)5-2/h8H,4-7H2,1-3H3,(H2,13,14,17,18)/t8-/m0/s1. The molecule has 0 aliphatic carbocycles. The Kier molecular flexibility index (Phi) is 8.70. The SMILES string of the molecule is CCCSc1nnc(SCC(=O)NC(=O)N[C@@H](C)CC)s1. The number of amides is 3. The van der Waals surface area contributed by atoms with Gasteiger partial charge in [0.25, 0.3) is 0 Å². The number of hydrogen-bond donors (Lipinski definition) is 2. The van der Waals surface area contributed by atoms with Gasteiger partial charge in [0, 0.05) is 11.8 Å². The lowest BCUT2D eigenvalue weighted by molar-refractivity contribution is -0.117. The Morgan fingerprint density at radius 3 is 2.52 bits per heavy atom. The van der Waals surface area contributed by atoms with Crippen LogP contribution in [0.4, 0.5) is 4.79 Å². The number of aromatic nitrogens is 2. The average Bonchev–Trinajstić information content (AvgIpc) is 2.90. The molecule has 2 N–H and O–H groups in total. The molecule has 3 amide bonds. The van der Waals surface area contributed by atoms with Crippen molar-refractivity contribution in [2.45, 2.75) is 48.3 Å². The Labute approximate surface area is 137 Å². The average molecular weight is 349 g/mol. The van der Waals surface area contributed by atoms with Crippen molar-refractivity contribution in [3.8, 4) is 0 Å². The van der Waals surface area contributed by atoms with Gasteiger partial charge in [0.05, 0.1) is 5.75 Å². The molecular formula is C12H20N4O2S3. The van der Waals surface area contributed by atoms with Gasteiger partial charge < -0.3 is 5.32 Å². The number of urea groups is 1. The van der Waals surface area contributed by atoms with E-state index in [-0.39, 0.29) is 17.7 Å². The predicted octanol–water partition coefficient (Wildman–Crippen LogP) is 2.76. The van der Waals surface area contributed by atoms with Crippen molar-refractivity contribution >= 4 is 46.8 Å². The maximum Gasteiger partial charge on any atom is 0.321 e. The van der Waals surface area contributed by atoms with Crippen LogP contribution in [0.3, 0.4) is 0 Å². The molecule has 6 nitrogen and oxygen atoms in total. The third-order valence-electron chi connectivity index (χ3n) is 2.39. The van der Waals surface area contributed by atoms with Crippen molar-refractivity contribution in [2.75, 3.05) is 11.5 Å². The van der Waals surface area contributed by atoms with E-state index < -0.39 is 6.03 Å². The molecule has 1 rings (SSSR count). The number of nitrogens with zero attached hydrogens (tertiary/aromatic N) is 2. The highest BCUT2D eigenvalue weighted by atomic mass is 32.2. The lowest BCUT2D eigenvalue weighted by atomic mass is 10.3. The molecule has 9 heteroatoms. The Morgan fingerprint density at radius 2 is 1.90 bits per heavy atom. The third kappa shape index (κ3) is 7.68. The summed E-state index contributed by atoms with van der Waals surface area (Å²) in [6.45, 7) is 5.96. The Bertz CT molecular complexity index is 467. The molecule has 0 fully saturated rings. The number of carbonyl (C=O) groups is 2. The lowest BCUT2D eigenvalue weighted by Crippen LogP contribution is -2.43. The smallest absolute Gasteiger partial charge is 0.321 e. The summed E-state index contributed by atoms with van der Waals surface area (Å²) in [7, 11) is 0. The van der Waals surface area contributed by atoms with Crippen LogP contribution in [0.25, 0.3) is 0 Å². The fourth-order valence-electron chi connectivity index (χ4n) is 1.16.